The number of aromatic amines is 6. The predicted molar refractivity (Wildman–Crippen MR) is 422 cm³/mol. The van der Waals surface area contributed by atoms with Crippen molar-refractivity contribution in [3.63, 3.8) is 0 Å². The van der Waals surface area contributed by atoms with Crippen molar-refractivity contribution in [2.24, 2.45) is 0 Å². The van der Waals surface area contributed by atoms with Crippen LogP contribution in [0.4, 0.5) is 17.1 Å². The Morgan fingerprint density at radius 3 is 1.52 bits per heavy atom. The number of carboxylic acid groups (broad SMARTS) is 1. The highest BCUT2D eigenvalue weighted by Crippen LogP contribution is 2.42. The molecule has 10 N–H and O–H groups in total. The van der Waals surface area contributed by atoms with Crippen LogP contribution in [-0.4, -0.2) is 142 Å². The third-order valence-corrected chi connectivity index (χ3v) is 20.9. The van der Waals surface area contributed by atoms with Gasteiger partial charge in [-0.3, -0.25) is 29.1 Å². The largest absolute Gasteiger partial charge is 0.508 e. The molecule has 18 rings (SSSR count). The van der Waals surface area contributed by atoms with Gasteiger partial charge in [0, 0.05) is 153 Å². The zero-order valence-electron chi connectivity index (χ0n) is 60.0. The van der Waals surface area contributed by atoms with Gasteiger partial charge in [-0.2, -0.15) is 5.10 Å². The topological polar surface area (TPSA) is 350 Å². The van der Waals surface area contributed by atoms with Crippen LogP contribution in [0.5, 0.6) is 17.2 Å². The molecule has 0 spiro atoms. The summed E-state index contributed by atoms with van der Waals surface area (Å²) in [5.41, 5.74) is 12.8. The van der Waals surface area contributed by atoms with Crippen molar-refractivity contribution in [2.75, 3.05) is 73.7 Å². The van der Waals surface area contributed by atoms with Crippen molar-refractivity contribution in [3.8, 4) is 51.0 Å². The van der Waals surface area contributed by atoms with E-state index in [0.717, 1.165) is 170 Å². The zero-order chi connectivity index (χ0) is 74.6. The Morgan fingerprint density at radius 1 is 0.481 bits per heavy atom. The van der Waals surface area contributed by atoms with Crippen molar-refractivity contribution in [1.82, 2.24) is 55.4 Å². The maximum atomic E-state index is 13.7. The van der Waals surface area contributed by atoms with Crippen molar-refractivity contribution in [3.05, 3.63) is 187 Å². The minimum Gasteiger partial charge on any atom is -0.508 e. The lowest BCUT2D eigenvalue weighted by Gasteiger charge is -2.29. The molecule has 0 radical (unpaired) electrons. The van der Waals surface area contributed by atoms with Crippen LogP contribution in [0.2, 0.25) is 0 Å². The highest BCUT2D eigenvalue weighted by atomic mass is 16.5. The molecule has 6 aromatic carbocycles. The summed E-state index contributed by atoms with van der Waals surface area (Å²) in [6.07, 6.45) is 10.8. The number of aryl methyl sites for hydroxylation is 3. The van der Waals surface area contributed by atoms with Gasteiger partial charge in [-0.05, 0) is 187 Å². The highest BCUT2D eigenvalue weighted by molar-refractivity contribution is 6.25. The van der Waals surface area contributed by atoms with Crippen LogP contribution in [0.15, 0.2) is 148 Å². The Bertz CT molecular complexity index is 6300. The Morgan fingerprint density at radius 2 is 0.963 bits per heavy atom. The number of nitrogens with zero attached hydrogens (tertiary/aromatic N) is 7. The van der Waals surface area contributed by atoms with Crippen LogP contribution >= 0.6 is 0 Å². The molecule has 25 heteroatoms. The van der Waals surface area contributed by atoms with Crippen LogP contribution in [0.1, 0.15) is 85.5 Å². The van der Waals surface area contributed by atoms with Gasteiger partial charge in [-0.25, -0.2) is 19.7 Å². The smallest absolute Gasteiger partial charge is 0.339 e. The first-order chi connectivity index (χ1) is 52.4. The van der Waals surface area contributed by atoms with E-state index in [1.807, 2.05) is 51.4 Å². The Balaban J connectivity index is 0.000000125. The number of rotatable bonds is 12. The van der Waals surface area contributed by atoms with Gasteiger partial charge in [0.05, 0.1) is 69.1 Å². The Labute approximate surface area is 615 Å². The number of nitrogens with one attached hydrogen (secondary N) is 7. The van der Waals surface area contributed by atoms with E-state index in [2.05, 4.69) is 91.5 Å². The summed E-state index contributed by atoms with van der Waals surface area (Å²) in [7, 11) is 0. The summed E-state index contributed by atoms with van der Waals surface area (Å²) < 4.78 is 10.3. The van der Waals surface area contributed by atoms with E-state index < -0.39 is 17.9 Å². The number of hydrogen-bond donors (Lipinski definition) is 10. The van der Waals surface area contributed by atoms with Gasteiger partial charge in [0.25, 0.3) is 16.7 Å². The van der Waals surface area contributed by atoms with Gasteiger partial charge in [-0.1, -0.05) is 12.1 Å². The van der Waals surface area contributed by atoms with E-state index in [0.29, 0.717) is 67.1 Å². The van der Waals surface area contributed by atoms with E-state index in [1.54, 1.807) is 61.5 Å². The van der Waals surface area contributed by atoms with Crippen molar-refractivity contribution in [2.45, 2.75) is 79.1 Å². The number of carboxylic acids is 1. The van der Waals surface area contributed by atoms with Crippen LogP contribution in [0.25, 0.3) is 132 Å². The van der Waals surface area contributed by atoms with Gasteiger partial charge in [0.2, 0.25) is 0 Å². The molecular weight excluding hydrogens is 1370 g/mol. The van der Waals surface area contributed by atoms with Crippen LogP contribution in [0, 0.1) is 20.8 Å². The van der Waals surface area contributed by atoms with E-state index in [9.17, 15) is 44.1 Å². The van der Waals surface area contributed by atoms with Crippen molar-refractivity contribution >= 4 is 133 Å². The molecule has 0 atom stereocenters. The van der Waals surface area contributed by atoms with Gasteiger partial charge in [0.15, 0.2) is 5.65 Å². The number of carbonyl (C=O) groups excluding carboxylic acids is 2. The zero-order valence-corrected chi connectivity index (χ0v) is 60.0. The number of piperazine rings is 1. The number of piperidine rings is 2. The maximum Gasteiger partial charge on any atom is 0.339 e. The molecule has 0 bridgehead atoms. The lowest BCUT2D eigenvalue weighted by Crippen LogP contribution is -2.43. The fraction of sp³-hybridized carbons (Fsp3) is 0.253. The number of phenolic OH excluding ortho intramolecular Hbond substituents is 1. The SMILES string of the molecule is CCOC(=O)CCC(=O)Oc1ccc(-c2nc3[nH]cc(C)c3c3c2c(=O)[nH]c2cc(N4CCCCC4)ccc23)cc1.Cc1[nH]nc2nc(-c3ccc(O)cc3)c3c(=O)[nH]c4ccc(N5CCNCC5)cc4c3c12.Cc1c[nH]c2nc(-c3ccc(O)c(C(=O)O)c3)c3c(=O)[nH]c4cc(N5CCCCC5)ccc4c3c12. The summed E-state index contributed by atoms with van der Waals surface area (Å²) in [4.78, 5) is 113. The first kappa shape index (κ1) is 69.5. The molecule has 0 amide bonds. The number of aromatic carboxylic acids is 1. The quantitative estimate of drug-likeness (QED) is 0.0308. The second kappa shape index (κ2) is 28.9. The molecule has 3 aliphatic heterocycles. The number of anilines is 3. The molecule has 108 heavy (non-hydrogen) atoms. The molecule has 12 heterocycles. The van der Waals surface area contributed by atoms with Gasteiger partial charge in [0.1, 0.15) is 34.1 Å². The minimum atomic E-state index is -1.25. The standard InChI is InChI=1S/C32H32N4O5.C27H24N4O4.C24H22N6O2/c1-3-40-25(37)13-14-26(38)41-22-10-7-20(8-11-22)30-29-28(27-19(2)18-33-31(27)35-30)23-12-9-21(17-24(23)34-32(29)39)36-15-5-4-6-16-36;1-14-13-28-25-21(14)22-17-7-6-16(31-9-3-2-4-10-31)12-19(17)29-26(33)23(22)24(30-25)15-5-8-20(32)18(11-15)27(34)35;1-13-19-20-17-12-15(30-10-8-25-9-11-30)4-7-18(17)26-24(32)21(20)22(27-23(19)29-28-13)14-2-5-16(31)6-3-14/h7-12,17-18H,3-6,13-16H2,1-2H3,(H,33,35)(H,34,39);5-8,11-13,32H,2-4,9-10H2,1H3,(H,28,30)(H,29,33)(H,34,35);2-7,12,25,31H,8-11H2,1H3,(H,26,32)(H,27,28,29). The average Bonchev–Trinajstić information content (AvgIpc) is 1.36. The molecule has 0 saturated carbocycles. The average molecular weight is 1450 g/mol. The molecule has 3 fully saturated rings. The normalized spacial score (nSPS) is 14.1. The molecule has 3 aliphatic rings. The fourth-order valence-corrected chi connectivity index (χ4v) is 15.6. The third-order valence-electron chi connectivity index (χ3n) is 20.9. The number of aromatic hydroxyl groups is 2. The lowest BCUT2D eigenvalue weighted by molar-refractivity contribution is -0.146. The van der Waals surface area contributed by atoms with Crippen LogP contribution in [-0.2, 0) is 14.3 Å². The van der Waals surface area contributed by atoms with E-state index in [4.69, 9.17) is 24.4 Å². The van der Waals surface area contributed by atoms with E-state index in [1.165, 1.54) is 37.8 Å². The summed E-state index contributed by atoms with van der Waals surface area (Å²) in [6, 6.07) is 36.6. The first-order valence-corrected chi connectivity index (χ1v) is 36.5. The summed E-state index contributed by atoms with van der Waals surface area (Å²) >= 11 is 0. The molecule has 546 valence electrons. The number of fused-ring (bicyclic) bond motifs is 15. The molecule has 3 saturated heterocycles. The fourth-order valence-electron chi connectivity index (χ4n) is 15.6. The summed E-state index contributed by atoms with van der Waals surface area (Å²) in [5.74, 6) is -2.05. The number of esters is 2. The number of benzene rings is 6. The van der Waals surface area contributed by atoms with Crippen molar-refractivity contribution in [1.29, 1.82) is 0 Å². The van der Waals surface area contributed by atoms with Gasteiger partial charge in [-0.15, -0.1) is 0 Å². The monoisotopic (exact) mass is 1450 g/mol. The molecule has 0 unspecified atom stereocenters. The summed E-state index contributed by atoms with van der Waals surface area (Å²) in [6.45, 7) is 15.7. The number of H-pyrrole nitrogens is 6. The molecule has 15 aromatic rings. The second-order valence-corrected chi connectivity index (χ2v) is 27.8. The van der Waals surface area contributed by atoms with Gasteiger partial charge >= 0.3 is 17.9 Å². The Hall–Kier alpha value is -12.9. The molecular formula is C83H78N14O11. The van der Waals surface area contributed by atoms with Crippen molar-refractivity contribution < 1.29 is 39.2 Å². The van der Waals surface area contributed by atoms with E-state index in [-0.39, 0.29) is 53.2 Å². The highest BCUT2D eigenvalue weighted by Gasteiger charge is 2.26. The first-order valence-electron chi connectivity index (χ1n) is 36.5. The lowest BCUT2D eigenvalue weighted by atomic mass is 9.97. The number of ether oxygens (including phenoxy) is 2. The predicted octanol–water partition coefficient (Wildman–Crippen LogP) is 13.7. The number of aromatic nitrogens is 10. The Kier molecular flexibility index (Phi) is 18.6. The molecule has 0 aliphatic carbocycles. The molecule has 25 nitrogen and oxygen atoms in total. The van der Waals surface area contributed by atoms with Gasteiger partial charge < -0.3 is 69.7 Å². The second-order valence-electron chi connectivity index (χ2n) is 27.8. The molecule has 9 aromatic heterocycles. The minimum absolute atomic E-state index is 0.0352. The number of phenols is 2. The number of carbonyl (C=O) groups is 3. The van der Waals surface area contributed by atoms with E-state index >= 15 is 0 Å². The maximum absolute atomic E-state index is 13.7. The number of hydrogen-bond acceptors (Lipinski definition) is 18. The third kappa shape index (κ3) is 13.0. The summed E-state index contributed by atoms with van der Waals surface area (Å²) in [5, 5.41) is 49.4. The number of pyridine rings is 6. The van der Waals surface area contributed by atoms with Crippen LogP contribution in [0.3, 0.4) is 0 Å². The van der Waals surface area contributed by atoms with Crippen LogP contribution < -0.4 is 41.4 Å².